The Morgan fingerprint density at radius 2 is 2.07 bits per heavy atom. The number of hydrogen-bond donors (Lipinski definition) is 2. The number of nitrogens with one attached hydrogen (secondary N) is 1. The van der Waals surface area contributed by atoms with E-state index in [1.165, 1.54) is 12.8 Å². The number of aliphatic hydroxyl groups is 1. The van der Waals surface area contributed by atoms with Crippen molar-refractivity contribution >= 4 is 5.82 Å². The van der Waals surface area contributed by atoms with Gasteiger partial charge in [-0.3, -0.25) is 0 Å². The minimum Gasteiger partial charge on any atom is -0.391 e. The third-order valence-corrected chi connectivity index (χ3v) is 3.26. The highest BCUT2D eigenvalue weighted by molar-refractivity contribution is 5.38. The van der Waals surface area contributed by atoms with Gasteiger partial charge in [-0.1, -0.05) is 0 Å². The van der Waals surface area contributed by atoms with Crippen LogP contribution in [-0.4, -0.2) is 27.2 Å². The minimum absolute atomic E-state index is 0.187. The van der Waals surface area contributed by atoms with E-state index in [2.05, 4.69) is 15.3 Å². The average molecular weight is 205 g/mol. The van der Waals surface area contributed by atoms with E-state index in [0.29, 0.717) is 5.92 Å². The van der Waals surface area contributed by atoms with Crippen LogP contribution in [0.25, 0.3) is 0 Å². The molecule has 4 nitrogen and oxygen atoms in total. The van der Waals surface area contributed by atoms with Crippen molar-refractivity contribution in [3.63, 3.8) is 0 Å². The zero-order valence-corrected chi connectivity index (χ0v) is 8.56. The molecular weight excluding hydrogens is 190 g/mol. The van der Waals surface area contributed by atoms with E-state index >= 15 is 0 Å². The maximum atomic E-state index is 9.45. The lowest BCUT2D eigenvalue weighted by molar-refractivity contribution is 0.0784. The van der Waals surface area contributed by atoms with Gasteiger partial charge in [0, 0.05) is 17.7 Å². The summed E-state index contributed by atoms with van der Waals surface area (Å²) in [5.74, 6) is 1.51. The van der Waals surface area contributed by atoms with E-state index in [4.69, 9.17) is 0 Å². The topological polar surface area (TPSA) is 58.0 Å². The van der Waals surface area contributed by atoms with Gasteiger partial charge >= 0.3 is 0 Å². The molecule has 2 saturated carbocycles. The Morgan fingerprint density at radius 1 is 1.20 bits per heavy atom. The Bertz CT molecular complexity index is 365. The SMILES string of the molecule is OC1CCC1Nc1cc(C2CC2)ncn1. The van der Waals surface area contributed by atoms with Crippen LogP contribution >= 0.6 is 0 Å². The lowest BCUT2D eigenvalue weighted by Gasteiger charge is -2.33. The van der Waals surface area contributed by atoms with Gasteiger partial charge in [0.1, 0.15) is 12.1 Å². The Labute approximate surface area is 88.8 Å². The average Bonchev–Trinajstić information content (AvgIpc) is 3.08. The van der Waals surface area contributed by atoms with Crippen LogP contribution in [-0.2, 0) is 0 Å². The van der Waals surface area contributed by atoms with Gasteiger partial charge in [0.15, 0.2) is 0 Å². The Balaban J connectivity index is 1.71. The molecule has 2 fully saturated rings. The molecule has 15 heavy (non-hydrogen) atoms. The Hall–Kier alpha value is -1.16. The second-order valence-electron chi connectivity index (χ2n) is 4.50. The van der Waals surface area contributed by atoms with Crippen molar-refractivity contribution in [2.45, 2.75) is 43.7 Å². The molecule has 0 amide bonds. The number of anilines is 1. The van der Waals surface area contributed by atoms with Crippen LogP contribution in [0.15, 0.2) is 12.4 Å². The van der Waals surface area contributed by atoms with E-state index in [1.807, 2.05) is 6.07 Å². The van der Waals surface area contributed by atoms with Crippen LogP contribution in [0.4, 0.5) is 5.82 Å². The van der Waals surface area contributed by atoms with Crippen molar-refractivity contribution in [3.05, 3.63) is 18.1 Å². The smallest absolute Gasteiger partial charge is 0.129 e. The third-order valence-electron chi connectivity index (χ3n) is 3.26. The van der Waals surface area contributed by atoms with Gasteiger partial charge in [-0.05, 0) is 25.7 Å². The van der Waals surface area contributed by atoms with Crippen LogP contribution < -0.4 is 5.32 Å². The van der Waals surface area contributed by atoms with Crippen LogP contribution in [0.3, 0.4) is 0 Å². The molecule has 2 aliphatic rings. The third kappa shape index (κ3) is 1.81. The molecule has 80 valence electrons. The highest BCUT2D eigenvalue weighted by Crippen LogP contribution is 2.39. The number of aromatic nitrogens is 2. The molecular formula is C11H15N3O. The number of hydrogen-bond acceptors (Lipinski definition) is 4. The van der Waals surface area contributed by atoms with Gasteiger partial charge in [0.25, 0.3) is 0 Å². The molecule has 2 aliphatic carbocycles. The number of nitrogens with zero attached hydrogens (tertiary/aromatic N) is 2. The van der Waals surface area contributed by atoms with Gasteiger partial charge in [-0.15, -0.1) is 0 Å². The summed E-state index contributed by atoms with van der Waals surface area (Å²) < 4.78 is 0. The molecule has 0 radical (unpaired) electrons. The predicted octanol–water partition coefficient (Wildman–Crippen LogP) is 1.29. The zero-order chi connectivity index (χ0) is 10.3. The summed E-state index contributed by atoms with van der Waals surface area (Å²) in [6, 6.07) is 2.20. The molecule has 0 saturated heterocycles. The predicted molar refractivity (Wildman–Crippen MR) is 56.7 cm³/mol. The van der Waals surface area contributed by atoms with Gasteiger partial charge in [0.05, 0.1) is 12.1 Å². The summed E-state index contributed by atoms with van der Waals surface area (Å²) in [5.41, 5.74) is 1.14. The van der Waals surface area contributed by atoms with Gasteiger partial charge in [-0.2, -0.15) is 0 Å². The molecule has 0 aliphatic heterocycles. The molecule has 0 spiro atoms. The van der Waals surface area contributed by atoms with Crippen LogP contribution in [0.5, 0.6) is 0 Å². The highest BCUT2D eigenvalue weighted by Gasteiger charge is 2.29. The lowest BCUT2D eigenvalue weighted by atomic mass is 9.89. The molecule has 3 rings (SSSR count). The first-order valence-corrected chi connectivity index (χ1v) is 5.59. The maximum Gasteiger partial charge on any atom is 0.129 e. The quantitative estimate of drug-likeness (QED) is 0.780. The fourth-order valence-corrected chi connectivity index (χ4v) is 1.89. The number of aliphatic hydroxyl groups excluding tert-OH is 1. The van der Waals surface area contributed by atoms with Crippen LogP contribution in [0, 0.1) is 0 Å². The maximum absolute atomic E-state index is 9.45. The van der Waals surface area contributed by atoms with E-state index in [1.54, 1.807) is 6.33 Å². The van der Waals surface area contributed by atoms with Crippen molar-refractivity contribution in [3.8, 4) is 0 Å². The molecule has 4 heteroatoms. The molecule has 1 heterocycles. The van der Waals surface area contributed by atoms with Gasteiger partial charge in [0.2, 0.25) is 0 Å². The standard InChI is InChI=1S/C11H15N3O/c15-10-4-3-8(10)14-11-5-9(7-1-2-7)12-6-13-11/h5-8,10,15H,1-4H2,(H,12,13,14). The molecule has 2 atom stereocenters. The fourth-order valence-electron chi connectivity index (χ4n) is 1.89. The summed E-state index contributed by atoms with van der Waals surface area (Å²) in [4.78, 5) is 8.43. The minimum atomic E-state index is -0.204. The van der Waals surface area contributed by atoms with Crippen molar-refractivity contribution in [1.29, 1.82) is 0 Å². The van der Waals surface area contributed by atoms with Crippen molar-refractivity contribution in [1.82, 2.24) is 9.97 Å². The highest BCUT2D eigenvalue weighted by atomic mass is 16.3. The first kappa shape index (κ1) is 9.09. The van der Waals surface area contributed by atoms with Crippen LogP contribution in [0.2, 0.25) is 0 Å². The summed E-state index contributed by atoms with van der Waals surface area (Å²) >= 11 is 0. The molecule has 1 aromatic heterocycles. The van der Waals surface area contributed by atoms with Crippen LogP contribution in [0.1, 0.15) is 37.3 Å². The molecule has 0 aromatic carbocycles. The molecule has 0 bridgehead atoms. The van der Waals surface area contributed by atoms with E-state index in [0.717, 1.165) is 24.4 Å². The Morgan fingerprint density at radius 3 is 2.67 bits per heavy atom. The first-order chi connectivity index (χ1) is 7.33. The summed E-state index contributed by atoms with van der Waals surface area (Å²) in [5, 5.41) is 12.7. The monoisotopic (exact) mass is 205 g/mol. The van der Waals surface area contributed by atoms with Gasteiger partial charge in [-0.25, -0.2) is 9.97 Å². The van der Waals surface area contributed by atoms with Gasteiger partial charge < -0.3 is 10.4 Å². The van der Waals surface area contributed by atoms with E-state index in [9.17, 15) is 5.11 Å². The summed E-state index contributed by atoms with van der Waals surface area (Å²) in [6.45, 7) is 0. The fraction of sp³-hybridized carbons (Fsp3) is 0.636. The largest absolute Gasteiger partial charge is 0.391 e. The zero-order valence-electron chi connectivity index (χ0n) is 8.56. The molecule has 2 unspecified atom stereocenters. The summed E-state index contributed by atoms with van der Waals surface area (Å²) in [6.07, 6.45) is 5.85. The molecule has 2 N–H and O–H groups in total. The van der Waals surface area contributed by atoms with Crippen molar-refractivity contribution < 1.29 is 5.11 Å². The lowest BCUT2D eigenvalue weighted by Crippen LogP contribution is -2.42. The first-order valence-electron chi connectivity index (χ1n) is 5.59. The number of rotatable bonds is 3. The normalized spacial score (nSPS) is 29.7. The van der Waals surface area contributed by atoms with E-state index in [-0.39, 0.29) is 12.1 Å². The summed E-state index contributed by atoms with van der Waals surface area (Å²) in [7, 11) is 0. The van der Waals surface area contributed by atoms with E-state index < -0.39 is 0 Å². The molecule has 1 aromatic rings. The van der Waals surface area contributed by atoms with Crippen molar-refractivity contribution in [2.24, 2.45) is 0 Å². The Kier molecular flexibility index (Phi) is 2.09. The van der Waals surface area contributed by atoms with Crippen molar-refractivity contribution in [2.75, 3.05) is 5.32 Å². The second-order valence-corrected chi connectivity index (χ2v) is 4.50. The second kappa shape index (κ2) is 3.45.